The van der Waals surface area contributed by atoms with Gasteiger partial charge in [-0.2, -0.15) is 0 Å². The molecule has 4 rings (SSSR count). The van der Waals surface area contributed by atoms with Gasteiger partial charge in [-0.05, 0) is 55.7 Å². The van der Waals surface area contributed by atoms with Crippen LogP contribution in [-0.2, 0) is 25.9 Å². The number of aryl methyl sites for hydroxylation is 2. The van der Waals surface area contributed by atoms with Crippen LogP contribution in [0.25, 0.3) is 10.9 Å². The van der Waals surface area contributed by atoms with Gasteiger partial charge in [-0.3, -0.25) is 9.88 Å². The van der Waals surface area contributed by atoms with E-state index in [0.717, 1.165) is 43.1 Å². The summed E-state index contributed by atoms with van der Waals surface area (Å²) >= 11 is 6.29. The van der Waals surface area contributed by atoms with Crippen molar-refractivity contribution >= 4 is 22.5 Å². The van der Waals surface area contributed by atoms with Gasteiger partial charge in [0.1, 0.15) is 5.82 Å². The second-order valence-electron chi connectivity index (χ2n) is 7.31. The Bertz CT molecular complexity index is 948. The van der Waals surface area contributed by atoms with Crippen LogP contribution >= 0.6 is 11.6 Å². The second-order valence-corrected chi connectivity index (χ2v) is 7.75. The van der Waals surface area contributed by atoms with Gasteiger partial charge in [0.2, 0.25) is 0 Å². The Balaban J connectivity index is 1.73. The third kappa shape index (κ3) is 3.24. The minimum absolute atomic E-state index is 0.277. The van der Waals surface area contributed by atoms with Gasteiger partial charge < -0.3 is 4.57 Å². The van der Waals surface area contributed by atoms with Crippen LogP contribution in [0.1, 0.15) is 30.7 Å². The van der Waals surface area contributed by atoms with Gasteiger partial charge in [0, 0.05) is 59.9 Å². The van der Waals surface area contributed by atoms with Crippen LogP contribution in [0.2, 0.25) is 5.02 Å². The van der Waals surface area contributed by atoms with E-state index in [2.05, 4.69) is 40.4 Å². The van der Waals surface area contributed by atoms with Crippen molar-refractivity contribution in [2.75, 3.05) is 6.54 Å². The first-order valence-corrected chi connectivity index (χ1v) is 9.53. The van der Waals surface area contributed by atoms with Crippen LogP contribution in [0.4, 0.5) is 4.39 Å². The molecule has 0 saturated carbocycles. The maximum Gasteiger partial charge on any atom is 0.141 e. The van der Waals surface area contributed by atoms with Crippen LogP contribution in [0.5, 0.6) is 0 Å². The number of benzene rings is 1. The fraction of sp³-hybridized carbons (Fsp3) is 0.381. The summed E-state index contributed by atoms with van der Waals surface area (Å²) in [4.78, 5) is 6.47. The average molecular weight is 372 g/mol. The molecule has 0 fully saturated rings. The third-order valence-electron chi connectivity index (χ3n) is 5.36. The molecule has 3 aromatic rings. The summed E-state index contributed by atoms with van der Waals surface area (Å²) in [6.07, 6.45) is 4.79. The van der Waals surface area contributed by atoms with E-state index in [1.807, 2.05) is 6.07 Å². The van der Waals surface area contributed by atoms with E-state index in [1.54, 1.807) is 12.3 Å². The highest BCUT2D eigenvalue weighted by Crippen LogP contribution is 2.33. The zero-order valence-corrected chi connectivity index (χ0v) is 15.9. The number of fused-ring (bicyclic) bond motifs is 3. The van der Waals surface area contributed by atoms with E-state index in [4.69, 9.17) is 11.6 Å². The molecular weight excluding hydrogens is 349 g/mol. The molecule has 3 heterocycles. The number of hydrogen-bond donors (Lipinski definition) is 0. The van der Waals surface area contributed by atoms with Crippen LogP contribution in [0, 0.1) is 5.82 Å². The fourth-order valence-electron chi connectivity index (χ4n) is 3.97. The highest BCUT2D eigenvalue weighted by atomic mass is 35.5. The molecule has 0 radical (unpaired) electrons. The smallest absolute Gasteiger partial charge is 0.141 e. The third-order valence-corrected chi connectivity index (χ3v) is 5.60. The zero-order chi connectivity index (χ0) is 18.3. The van der Waals surface area contributed by atoms with Crippen molar-refractivity contribution in [1.82, 2.24) is 14.5 Å². The highest BCUT2D eigenvalue weighted by Gasteiger charge is 2.25. The minimum atomic E-state index is -0.277. The van der Waals surface area contributed by atoms with Crippen LogP contribution in [0.3, 0.4) is 0 Å². The summed E-state index contributed by atoms with van der Waals surface area (Å²) < 4.78 is 15.8. The summed E-state index contributed by atoms with van der Waals surface area (Å²) in [5, 5.41) is 2.02. The molecule has 0 amide bonds. The Kier molecular flexibility index (Phi) is 4.72. The Morgan fingerprint density at radius 3 is 2.85 bits per heavy atom. The molecule has 0 bridgehead atoms. The Hall–Kier alpha value is -1.91. The maximum atomic E-state index is 13.4. The molecular formula is C21H23ClFN3. The van der Waals surface area contributed by atoms with Crippen molar-refractivity contribution in [1.29, 1.82) is 0 Å². The molecule has 5 heteroatoms. The van der Waals surface area contributed by atoms with Crippen LogP contribution in [-0.4, -0.2) is 27.0 Å². The molecule has 0 spiro atoms. The number of aromatic nitrogens is 2. The number of nitrogens with zero attached hydrogens (tertiary/aromatic N) is 3. The molecule has 0 atom stereocenters. The topological polar surface area (TPSA) is 21.1 Å². The second kappa shape index (κ2) is 7.01. The summed E-state index contributed by atoms with van der Waals surface area (Å²) in [6, 6.07) is 8.25. The molecule has 1 aromatic carbocycles. The first-order chi connectivity index (χ1) is 12.5. The van der Waals surface area contributed by atoms with Crippen LogP contribution < -0.4 is 0 Å². The molecule has 0 saturated heterocycles. The van der Waals surface area contributed by atoms with Crippen LogP contribution in [0.15, 0.2) is 36.7 Å². The van der Waals surface area contributed by atoms with E-state index in [9.17, 15) is 4.39 Å². The van der Waals surface area contributed by atoms with Crippen molar-refractivity contribution in [2.45, 2.75) is 45.8 Å². The summed E-state index contributed by atoms with van der Waals surface area (Å²) in [6.45, 7) is 7.33. The zero-order valence-electron chi connectivity index (χ0n) is 15.2. The van der Waals surface area contributed by atoms with Gasteiger partial charge in [0.25, 0.3) is 0 Å². The Morgan fingerprint density at radius 1 is 1.23 bits per heavy atom. The van der Waals surface area contributed by atoms with Gasteiger partial charge in [0.15, 0.2) is 0 Å². The van der Waals surface area contributed by atoms with Crippen molar-refractivity contribution in [2.24, 2.45) is 0 Å². The molecule has 0 aliphatic carbocycles. The SMILES string of the molecule is CC(C)N1CCc2c(c3cc(Cl)ccc3n2CCc2cncc(F)c2)C1. The van der Waals surface area contributed by atoms with Gasteiger partial charge in [-0.1, -0.05) is 11.6 Å². The molecule has 0 unspecified atom stereocenters. The van der Waals surface area contributed by atoms with Crippen molar-refractivity contribution in [3.8, 4) is 0 Å². The summed E-state index contributed by atoms with van der Waals surface area (Å²) in [7, 11) is 0. The summed E-state index contributed by atoms with van der Waals surface area (Å²) in [5.74, 6) is -0.277. The highest BCUT2D eigenvalue weighted by molar-refractivity contribution is 6.31. The van der Waals surface area contributed by atoms with Gasteiger partial charge in [-0.15, -0.1) is 0 Å². The summed E-state index contributed by atoms with van der Waals surface area (Å²) in [5.41, 5.74) is 4.92. The maximum absolute atomic E-state index is 13.4. The lowest BCUT2D eigenvalue weighted by molar-refractivity contribution is 0.202. The Morgan fingerprint density at radius 2 is 2.08 bits per heavy atom. The minimum Gasteiger partial charge on any atom is -0.344 e. The number of hydrogen-bond acceptors (Lipinski definition) is 2. The number of halogens is 2. The van der Waals surface area contributed by atoms with Gasteiger partial charge in [0.05, 0.1) is 6.20 Å². The molecule has 26 heavy (non-hydrogen) atoms. The molecule has 2 aromatic heterocycles. The normalized spacial score (nSPS) is 15.0. The first kappa shape index (κ1) is 17.5. The lowest BCUT2D eigenvalue weighted by Gasteiger charge is -2.31. The molecule has 136 valence electrons. The van der Waals surface area contributed by atoms with Gasteiger partial charge in [-0.25, -0.2) is 4.39 Å². The lowest BCUT2D eigenvalue weighted by atomic mass is 10.0. The predicted octanol–water partition coefficient (Wildman–Crippen LogP) is 4.84. The predicted molar refractivity (Wildman–Crippen MR) is 104 cm³/mol. The van der Waals surface area contributed by atoms with E-state index < -0.39 is 0 Å². The number of rotatable bonds is 4. The monoisotopic (exact) mass is 371 g/mol. The standard InChI is InChI=1S/C21H23ClFN3/c1-14(2)25-7-6-21-19(13-25)18-10-16(22)3-4-20(18)26(21)8-5-15-9-17(23)12-24-11-15/h3-4,9-12,14H,5-8,13H2,1-2H3. The molecule has 1 aliphatic rings. The van der Waals surface area contributed by atoms with E-state index >= 15 is 0 Å². The molecule has 1 aliphatic heterocycles. The Labute approximate surface area is 158 Å². The lowest BCUT2D eigenvalue weighted by Crippen LogP contribution is -2.36. The first-order valence-electron chi connectivity index (χ1n) is 9.16. The van der Waals surface area contributed by atoms with Crippen molar-refractivity contribution in [3.63, 3.8) is 0 Å². The molecule has 0 N–H and O–H groups in total. The molecule has 3 nitrogen and oxygen atoms in total. The van der Waals surface area contributed by atoms with Crippen molar-refractivity contribution < 1.29 is 4.39 Å². The number of pyridine rings is 1. The quantitative estimate of drug-likeness (QED) is 0.654. The van der Waals surface area contributed by atoms with E-state index in [1.165, 1.54) is 28.4 Å². The van der Waals surface area contributed by atoms with E-state index in [-0.39, 0.29) is 5.82 Å². The largest absolute Gasteiger partial charge is 0.344 e. The van der Waals surface area contributed by atoms with E-state index in [0.29, 0.717) is 6.04 Å². The van der Waals surface area contributed by atoms with Gasteiger partial charge >= 0.3 is 0 Å². The fourth-order valence-corrected chi connectivity index (χ4v) is 4.14. The van der Waals surface area contributed by atoms with Crippen molar-refractivity contribution in [3.05, 3.63) is 64.3 Å². The average Bonchev–Trinajstić information content (AvgIpc) is 2.92.